The number of rotatable bonds is 2. The molecular formula is C11H15NO2. The highest BCUT2D eigenvalue weighted by atomic mass is 16.4. The fourth-order valence-electron chi connectivity index (χ4n) is 1.09. The number of carbonyl (C=O) groups is 1. The van der Waals surface area contributed by atoms with E-state index in [1.54, 1.807) is 0 Å². The van der Waals surface area contributed by atoms with Gasteiger partial charge >= 0.3 is 5.97 Å². The standard InChI is InChI=1S/C10H12O2.CH3N/c1-7-3-4-9(5-8(7)2)6-10(11)12;1-2/h3-5H,6H2,1-2H3,(H,11,12);2H,1H2. The quantitative estimate of drug-likeness (QED) is 0.707. The average molecular weight is 193 g/mol. The number of hydrogen-bond donors (Lipinski definition) is 2. The third kappa shape index (κ3) is 3.85. The zero-order valence-corrected chi connectivity index (χ0v) is 8.50. The molecule has 0 saturated carbocycles. The van der Waals surface area contributed by atoms with E-state index in [1.165, 1.54) is 5.56 Å². The highest BCUT2D eigenvalue weighted by Crippen LogP contribution is 2.09. The van der Waals surface area contributed by atoms with Gasteiger partial charge in [0.05, 0.1) is 6.42 Å². The number of carboxylic acids is 1. The number of nitrogens with one attached hydrogen (secondary N) is 1. The minimum absolute atomic E-state index is 0.112. The SMILES string of the molecule is C=N.Cc1ccc(CC(=O)O)cc1C. The fourth-order valence-corrected chi connectivity index (χ4v) is 1.09. The Kier molecular flexibility index (Phi) is 5.22. The number of aliphatic carboxylic acids is 1. The minimum atomic E-state index is -0.779. The molecule has 0 heterocycles. The maximum Gasteiger partial charge on any atom is 0.307 e. The topological polar surface area (TPSA) is 61.2 Å². The van der Waals surface area contributed by atoms with Gasteiger partial charge in [-0.2, -0.15) is 0 Å². The van der Waals surface area contributed by atoms with Gasteiger partial charge in [-0.15, -0.1) is 0 Å². The molecule has 0 spiro atoms. The van der Waals surface area contributed by atoms with E-state index in [9.17, 15) is 4.79 Å². The summed E-state index contributed by atoms with van der Waals surface area (Å²) in [4.78, 5) is 10.4. The number of aryl methyl sites for hydroxylation is 2. The van der Waals surface area contributed by atoms with Crippen molar-refractivity contribution in [3.05, 3.63) is 34.9 Å². The molecule has 0 aliphatic carbocycles. The van der Waals surface area contributed by atoms with E-state index in [1.807, 2.05) is 32.0 Å². The Morgan fingerprint density at radius 2 is 1.93 bits per heavy atom. The van der Waals surface area contributed by atoms with Crippen LogP contribution in [0.2, 0.25) is 0 Å². The Morgan fingerprint density at radius 1 is 1.36 bits per heavy atom. The van der Waals surface area contributed by atoms with Gasteiger partial charge < -0.3 is 10.5 Å². The van der Waals surface area contributed by atoms with Crippen LogP contribution in [0.4, 0.5) is 0 Å². The number of benzene rings is 1. The normalized spacial score (nSPS) is 8.71. The van der Waals surface area contributed by atoms with Gasteiger partial charge in [0.1, 0.15) is 0 Å². The Hall–Kier alpha value is -1.64. The fraction of sp³-hybridized carbons (Fsp3) is 0.273. The third-order valence-corrected chi connectivity index (χ3v) is 1.93. The van der Waals surface area contributed by atoms with Crippen molar-refractivity contribution in [3.63, 3.8) is 0 Å². The summed E-state index contributed by atoms with van der Waals surface area (Å²) < 4.78 is 0. The maximum absolute atomic E-state index is 10.4. The van der Waals surface area contributed by atoms with E-state index in [4.69, 9.17) is 10.5 Å². The van der Waals surface area contributed by atoms with Crippen molar-refractivity contribution < 1.29 is 9.90 Å². The molecule has 0 amide bonds. The van der Waals surface area contributed by atoms with Crippen molar-refractivity contribution >= 4 is 12.7 Å². The summed E-state index contributed by atoms with van der Waals surface area (Å²) in [7, 11) is 0. The second kappa shape index (κ2) is 5.91. The van der Waals surface area contributed by atoms with E-state index in [0.717, 1.165) is 11.1 Å². The first-order valence-electron chi connectivity index (χ1n) is 4.23. The molecule has 0 aromatic heterocycles. The maximum atomic E-state index is 10.4. The summed E-state index contributed by atoms with van der Waals surface area (Å²) in [5, 5.41) is 14.0. The van der Waals surface area contributed by atoms with Crippen molar-refractivity contribution in [1.29, 1.82) is 5.41 Å². The molecule has 1 rings (SSSR count). The predicted molar refractivity (Wildman–Crippen MR) is 57.1 cm³/mol. The molecule has 0 atom stereocenters. The first-order valence-corrected chi connectivity index (χ1v) is 4.23. The van der Waals surface area contributed by atoms with E-state index in [0.29, 0.717) is 0 Å². The van der Waals surface area contributed by atoms with Crippen molar-refractivity contribution in [2.45, 2.75) is 20.3 Å². The van der Waals surface area contributed by atoms with E-state index < -0.39 is 5.97 Å². The zero-order chi connectivity index (χ0) is 11.1. The van der Waals surface area contributed by atoms with Crippen LogP contribution in [0.5, 0.6) is 0 Å². The molecule has 76 valence electrons. The molecule has 0 aliphatic heterocycles. The third-order valence-electron chi connectivity index (χ3n) is 1.93. The summed E-state index contributed by atoms with van der Waals surface area (Å²) in [6.45, 7) is 6.50. The lowest BCUT2D eigenvalue weighted by atomic mass is 10.0. The number of hydrogen-bond acceptors (Lipinski definition) is 2. The molecule has 0 unspecified atom stereocenters. The average Bonchev–Trinajstić information content (AvgIpc) is 2.14. The lowest BCUT2D eigenvalue weighted by Gasteiger charge is -2.01. The van der Waals surface area contributed by atoms with Crippen LogP contribution >= 0.6 is 0 Å². The highest BCUT2D eigenvalue weighted by molar-refractivity contribution is 5.70. The monoisotopic (exact) mass is 193 g/mol. The second-order valence-corrected chi connectivity index (χ2v) is 2.99. The van der Waals surface area contributed by atoms with E-state index in [2.05, 4.69) is 6.72 Å². The smallest absolute Gasteiger partial charge is 0.307 e. The first-order chi connectivity index (χ1) is 6.59. The van der Waals surface area contributed by atoms with Crippen LogP contribution < -0.4 is 0 Å². The van der Waals surface area contributed by atoms with Gasteiger partial charge in [0.25, 0.3) is 0 Å². The molecule has 1 aromatic carbocycles. The summed E-state index contributed by atoms with van der Waals surface area (Å²) >= 11 is 0. The van der Waals surface area contributed by atoms with Crippen molar-refractivity contribution in [2.75, 3.05) is 0 Å². The van der Waals surface area contributed by atoms with E-state index >= 15 is 0 Å². The first kappa shape index (κ1) is 12.4. The molecular weight excluding hydrogens is 178 g/mol. The van der Waals surface area contributed by atoms with Crippen LogP contribution in [0.15, 0.2) is 18.2 Å². The Balaban J connectivity index is 0.000000791. The summed E-state index contributed by atoms with van der Waals surface area (Å²) in [5.74, 6) is -0.779. The second-order valence-electron chi connectivity index (χ2n) is 2.99. The lowest BCUT2D eigenvalue weighted by molar-refractivity contribution is -0.136. The molecule has 0 aliphatic rings. The molecule has 2 N–H and O–H groups in total. The van der Waals surface area contributed by atoms with Crippen LogP contribution in [0.1, 0.15) is 16.7 Å². The molecule has 3 heteroatoms. The van der Waals surface area contributed by atoms with Gasteiger partial charge in [-0.25, -0.2) is 0 Å². The van der Waals surface area contributed by atoms with Crippen molar-refractivity contribution in [3.8, 4) is 0 Å². The Labute approximate surface area is 83.9 Å². The summed E-state index contributed by atoms with van der Waals surface area (Å²) in [6.07, 6.45) is 0.112. The van der Waals surface area contributed by atoms with E-state index in [-0.39, 0.29) is 6.42 Å². The van der Waals surface area contributed by atoms with Gasteiger partial charge in [-0.05, 0) is 37.3 Å². The molecule has 14 heavy (non-hydrogen) atoms. The van der Waals surface area contributed by atoms with Crippen molar-refractivity contribution in [1.82, 2.24) is 0 Å². The molecule has 3 nitrogen and oxygen atoms in total. The van der Waals surface area contributed by atoms with Crippen LogP contribution in [0.25, 0.3) is 0 Å². The van der Waals surface area contributed by atoms with Crippen LogP contribution in [0.3, 0.4) is 0 Å². The molecule has 0 fully saturated rings. The summed E-state index contributed by atoms with van der Waals surface area (Å²) in [6, 6.07) is 5.73. The molecule has 0 bridgehead atoms. The molecule has 0 radical (unpaired) electrons. The van der Waals surface area contributed by atoms with Gasteiger partial charge in [-0.3, -0.25) is 4.79 Å². The van der Waals surface area contributed by atoms with Crippen LogP contribution in [0, 0.1) is 19.3 Å². The van der Waals surface area contributed by atoms with Gasteiger partial charge in [-0.1, -0.05) is 18.2 Å². The molecule has 1 aromatic rings. The Bertz CT molecular complexity index is 321. The predicted octanol–water partition coefficient (Wildman–Crippen LogP) is 2.20. The lowest BCUT2D eigenvalue weighted by Crippen LogP contribution is -2.00. The van der Waals surface area contributed by atoms with Gasteiger partial charge in [0, 0.05) is 0 Å². The van der Waals surface area contributed by atoms with Crippen molar-refractivity contribution in [2.24, 2.45) is 0 Å². The highest BCUT2D eigenvalue weighted by Gasteiger charge is 2.00. The Morgan fingerprint density at radius 3 is 2.36 bits per heavy atom. The van der Waals surface area contributed by atoms with Gasteiger partial charge in [0.15, 0.2) is 0 Å². The largest absolute Gasteiger partial charge is 0.481 e. The minimum Gasteiger partial charge on any atom is -0.481 e. The van der Waals surface area contributed by atoms with Gasteiger partial charge in [0.2, 0.25) is 0 Å². The summed E-state index contributed by atoms with van der Waals surface area (Å²) in [5.41, 5.74) is 3.21. The van der Waals surface area contributed by atoms with Crippen LogP contribution in [-0.4, -0.2) is 17.8 Å². The van der Waals surface area contributed by atoms with Crippen LogP contribution in [-0.2, 0) is 11.2 Å². The number of carboxylic acid groups (broad SMARTS) is 1. The molecule has 0 saturated heterocycles. The zero-order valence-electron chi connectivity index (χ0n) is 8.50.